The summed E-state index contributed by atoms with van der Waals surface area (Å²) < 4.78 is 0. The molecule has 1 heterocycles. The minimum Gasteiger partial charge on any atom is -0.479 e. The van der Waals surface area contributed by atoms with E-state index in [4.69, 9.17) is 10.4 Å². The lowest BCUT2D eigenvalue weighted by Crippen LogP contribution is -2.43. The van der Waals surface area contributed by atoms with Crippen molar-refractivity contribution in [2.75, 3.05) is 0 Å². The fourth-order valence-corrected chi connectivity index (χ4v) is 3.46. The van der Waals surface area contributed by atoms with Gasteiger partial charge in [-0.3, -0.25) is 0 Å². The third-order valence-corrected chi connectivity index (χ3v) is 4.93. The predicted octanol–water partition coefficient (Wildman–Crippen LogP) is 2.59. The van der Waals surface area contributed by atoms with Gasteiger partial charge in [0.15, 0.2) is 5.60 Å². The van der Waals surface area contributed by atoms with Crippen LogP contribution in [0.15, 0.2) is 30.3 Å². The van der Waals surface area contributed by atoms with Gasteiger partial charge in [-0.15, -0.1) is 11.3 Å². The highest BCUT2D eigenvalue weighted by molar-refractivity contribution is 7.16. The molecule has 0 bridgehead atoms. The van der Waals surface area contributed by atoms with Crippen LogP contribution in [0.2, 0.25) is 0 Å². The van der Waals surface area contributed by atoms with Crippen molar-refractivity contribution in [3.63, 3.8) is 0 Å². The number of hydrogen-bond acceptors (Lipinski definition) is 4. The average Bonchev–Trinajstić information content (AvgIpc) is 2.95. The van der Waals surface area contributed by atoms with Crippen molar-refractivity contribution in [1.29, 1.82) is 5.26 Å². The molecule has 0 aliphatic heterocycles. The Hall–Kier alpha value is -2.16. The molecule has 1 aliphatic carbocycles. The molecule has 1 aromatic carbocycles. The first kappa shape index (κ1) is 13.8. The molecule has 0 radical (unpaired) electrons. The van der Waals surface area contributed by atoms with E-state index in [1.165, 1.54) is 11.3 Å². The molecule has 1 unspecified atom stereocenters. The molecule has 0 amide bonds. The summed E-state index contributed by atoms with van der Waals surface area (Å²) in [6.07, 6.45) is 0.918. The molecular weight excluding hydrogens is 286 g/mol. The van der Waals surface area contributed by atoms with Gasteiger partial charge in [-0.25, -0.2) is 4.79 Å². The van der Waals surface area contributed by atoms with Crippen molar-refractivity contribution in [3.8, 4) is 16.5 Å². The third kappa shape index (κ3) is 2.44. The molecule has 0 saturated heterocycles. The number of carboxylic acids is 1. The van der Waals surface area contributed by atoms with Crippen LogP contribution in [0.5, 0.6) is 0 Å². The minimum atomic E-state index is -1.65. The van der Waals surface area contributed by atoms with Crippen molar-refractivity contribution in [2.45, 2.75) is 24.9 Å². The predicted molar refractivity (Wildman–Crippen MR) is 79.1 cm³/mol. The van der Waals surface area contributed by atoms with Crippen molar-refractivity contribution in [3.05, 3.63) is 46.3 Å². The Kier molecular flexibility index (Phi) is 3.28. The van der Waals surface area contributed by atoms with E-state index in [0.29, 0.717) is 11.3 Å². The molecular formula is C16H13NO3S. The smallest absolute Gasteiger partial charge is 0.336 e. The fourth-order valence-electron chi connectivity index (χ4n) is 2.66. The number of thiophene rings is 1. The van der Waals surface area contributed by atoms with E-state index >= 15 is 0 Å². The standard InChI is InChI=1S/C16H13NO3S/c17-9-13-3-4-14(21-13)11-1-2-12-8-16(20,15(18)19)6-5-10(12)7-11/h1-4,7,20H,5-6,8H2,(H,18,19). The molecule has 0 spiro atoms. The largest absolute Gasteiger partial charge is 0.479 e. The van der Waals surface area contributed by atoms with Crippen molar-refractivity contribution < 1.29 is 15.0 Å². The zero-order valence-corrected chi connectivity index (χ0v) is 12.0. The molecule has 1 aromatic heterocycles. The second kappa shape index (κ2) is 4.99. The van der Waals surface area contributed by atoms with Crippen LogP contribution in [0.25, 0.3) is 10.4 Å². The summed E-state index contributed by atoms with van der Waals surface area (Å²) >= 11 is 1.44. The fraction of sp³-hybridized carbons (Fsp3) is 0.250. The highest BCUT2D eigenvalue weighted by atomic mass is 32.1. The van der Waals surface area contributed by atoms with E-state index < -0.39 is 11.6 Å². The third-order valence-electron chi connectivity index (χ3n) is 3.90. The van der Waals surface area contributed by atoms with Gasteiger partial charge in [0.05, 0.1) is 0 Å². The van der Waals surface area contributed by atoms with Gasteiger partial charge in [-0.2, -0.15) is 5.26 Å². The van der Waals surface area contributed by atoms with Crippen molar-refractivity contribution >= 4 is 17.3 Å². The number of carbonyl (C=O) groups is 1. The maximum Gasteiger partial charge on any atom is 0.336 e. The summed E-state index contributed by atoms with van der Waals surface area (Å²) in [5.41, 5.74) is 1.34. The molecule has 106 valence electrons. The van der Waals surface area contributed by atoms with Crippen LogP contribution < -0.4 is 0 Å². The van der Waals surface area contributed by atoms with Crippen LogP contribution >= 0.6 is 11.3 Å². The summed E-state index contributed by atoms with van der Waals surface area (Å²) in [5.74, 6) is -1.16. The van der Waals surface area contributed by atoms with Crippen LogP contribution in [0.3, 0.4) is 0 Å². The number of hydrogen-bond donors (Lipinski definition) is 2. The number of benzene rings is 1. The number of aliphatic hydroxyl groups is 1. The molecule has 0 saturated carbocycles. The quantitative estimate of drug-likeness (QED) is 0.893. The second-order valence-corrected chi connectivity index (χ2v) is 6.36. The molecule has 1 atom stereocenters. The Morgan fingerprint density at radius 2 is 2.10 bits per heavy atom. The van der Waals surface area contributed by atoms with Gasteiger partial charge in [0.1, 0.15) is 10.9 Å². The van der Waals surface area contributed by atoms with Gasteiger partial charge in [0.2, 0.25) is 0 Å². The second-order valence-electron chi connectivity index (χ2n) is 5.27. The van der Waals surface area contributed by atoms with E-state index in [-0.39, 0.29) is 12.8 Å². The number of rotatable bonds is 2. The van der Waals surface area contributed by atoms with Gasteiger partial charge in [0.25, 0.3) is 0 Å². The van der Waals surface area contributed by atoms with E-state index in [1.807, 2.05) is 24.3 Å². The van der Waals surface area contributed by atoms with Crippen LogP contribution in [0, 0.1) is 11.3 Å². The van der Waals surface area contributed by atoms with Crippen molar-refractivity contribution in [2.24, 2.45) is 0 Å². The Morgan fingerprint density at radius 3 is 2.76 bits per heavy atom. The average molecular weight is 299 g/mol. The molecule has 3 rings (SSSR count). The van der Waals surface area contributed by atoms with E-state index in [0.717, 1.165) is 21.6 Å². The SMILES string of the molecule is N#Cc1ccc(-c2ccc3c(c2)CCC(O)(C(=O)O)C3)s1. The lowest BCUT2D eigenvalue weighted by Gasteiger charge is -2.29. The van der Waals surface area contributed by atoms with Gasteiger partial charge >= 0.3 is 5.97 Å². The van der Waals surface area contributed by atoms with Gasteiger partial charge in [-0.05, 0) is 41.7 Å². The van der Waals surface area contributed by atoms with Gasteiger partial charge in [-0.1, -0.05) is 18.2 Å². The number of fused-ring (bicyclic) bond motifs is 1. The normalized spacial score (nSPS) is 20.6. The van der Waals surface area contributed by atoms with Crippen LogP contribution in [-0.2, 0) is 17.6 Å². The van der Waals surface area contributed by atoms with Gasteiger partial charge < -0.3 is 10.2 Å². The van der Waals surface area contributed by atoms with Crippen LogP contribution in [0.4, 0.5) is 0 Å². The summed E-state index contributed by atoms with van der Waals surface area (Å²) in [5, 5.41) is 28.1. The van der Waals surface area contributed by atoms with E-state index in [1.54, 1.807) is 6.07 Å². The first-order chi connectivity index (χ1) is 10.0. The Labute approximate surface area is 125 Å². The molecule has 2 aromatic rings. The highest BCUT2D eigenvalue weighted by Crippen LogP contribution is 2.34. The molecule has 1 aliphatic rings. The first-order valence-corrected chi connectivity index (χ1v) is 7.41. The van der Waals surface area contributed by atoms with Crippen LogP contribution in [0.1, 0.15) is 22.4 Å². The zero-order valence-electron chi connectivity index (χ0n) is 11.2. The van der Waals surface area contributed by atoms with E-state index in [9.17, 15) is 9.90 Å². The maximum absolute atomic E-state index is 11.1. The summed E-state index contributed by atoms with van der Waals surface area (Å²) in [6.45, 7) is 0. The Balaban J connectivity index is 1.94. The zero-order chi connectivity index (χ0) is 15.0. The Bertz CT molecular complexity index is 759. The number of nitrogens with zero attached hydrogens (tertiary/aromatic N) is 1. The van der Waals surface area contributed by atoms with Crippen molar-refractivity contribution in [1.82, 2.24) is 0 Å². The molecule has 5 heteroatoms. The number of nitriles is 1. The van der Waals surface area contributed by atoms with E-state index in [2.05, 4.69) is 6.07 Å². The summed E-state index contributed by atoms with van der Waals surface area (Å²) in [6, 6.07) is 11.7. The number of aryl methyl sites for hydroxylation is 1. The maximum atomic E-state index is 11.1. The lowest BCUT2D eigenvalue weighted by molar-refractivity contribution is -0.159. The first-order valence-electron chi connectivity index (χ1n) is 6.60. The van der Waals surface area contributed by atoms with Crippen LogP contribution in [-0.4, -0.2) is 21.8 Å². The molecule has 21 heavy (non-hydrogen) atoms. The van der Waals surface area contributed by atoms with Gasteiger partial charge in [0, 0.05) is 11.3 Å². The summed E-state index contributed by atoms with van der Waals surface area (Å²) in [7, 11) is 0. The summed E-state index contributed by atoms with van der Waals surface area (Å²) in [4.78, 5) is 12.8. The lowest BCUT2D eigenvalue weighted by atomic mass is 9.80. The number of aliphatic carboxylic acids is 1. The molecule has 0 fully saturated rings. The molecule has 2 N–H and O–H groups in total. The highest BCUT2D eigenvalue weighted by Gasteiger charge is 2.39. The molecule has 4 nitrogen and oxygen atoms in total. The topological polar surface area (TPSA) is 81.3 Å². The number of carboxylic acid groups (broad SMARTS) is 1. The Morgan fingerprint density at radius 1 is 1.29 bits per heavy atom. The monoisotopic (exact) mass is 299 g/mol. The minimum absolute atomic E-state index is 0.145.